The molecule has 1 amide bonds. The van der Waals surface area contributed by atoms with Gasteiger partial charge in [-0.25, -0.2) is 9.48 Å². The Morgan fingerprint density at radius 1 is 1.11 bits per heavy atom. The van der Waals surface area contributed by atoms with Crippen LogP contribution in [-0.2, 0) is 19.1 Å². The Morgan fingerprint density at radius 3 is 2.61 bits per heavy atom. The number of methoxy groups -OCH3 is 2. The highest BCUT2D eigenvalue weighted by Gasteiger charge is 2.22. The van der Waals surface area contributed by atoms with Crippen LogP contribution in [0, 0.1) is 0 Å². The molecule has 1 aliphatic rings. The monoisotopic (exact) mass is 491 g/mol. The third-order valence-electron chi connectivity index (χ3n) is 5.75. The van der Waals surface area contributed by atoms with Gasteiger partial charge in [-0.1, -0.05) is 18.2 Å². The third-order valence-corrected chi connectivity index (χ3v) is 5.75. The molecule has 4 rings (SSSR count). The molecule has 3 aromatic rings. The molecule has 1 fully saturated rings. The summed E-state index contributed by atoms with van der Waals surface area (Å²) < 4.78 is 23.2. The normalized spacial score (nSPS) is 15.6. The van der Waals surface area contributed by atoms with Gasteiger partial charge in [-0.05, 0) is 43.3 Å². The zero-order valence-electron chi connectivity index (χ0n) is 20.5. The highest BCUT2D eigenvalue weighted by molar-refractivity contribution is 5.90. The zero-order valence-corrected chi connectivity index (χ0v) is 20.5. The number of ether oxygens (including phenoxy) is 4. The molecular formula is C27H29N3O6. The topological polar surface area (TPSA) is 92.1 Å². The number of amides is 1. The number of carbonyl (C=O) groups is 2. The molecule has 1 aliphatic heterocycles. The average molecular weight is 492 g/mol. The van der Waals surface area contributed by atoms with Gasteiger partial charge in [0.05, 0.1) is 32.6 Å². The molecule has 2 heterocycles. The first-order valence-electron chi connectivity index (χ1n) is 11.6. The summed E-state index contributed by atoms with van der Waals surface area (Å²) in [7, 11) is 3.14. The van der Waals surface area contributed by atoms with Gasteiger partial charge in [0.2, 0.25) is 0 Å². The second kappa shape index (κ2) is 11.5. The van der Waals surface area contributed by atoms with Crippen molar-refractivity contribution >= 4 is 18.0 Å². The van der Waals surface area contributed by atoms with Crippen molar-refractivity contribution in [3.8, 4) is 28.4 Å². The number of esters is 1. The first kappa shape index (κ1) is 25.0. The standard InChI is InChI=1S/C27H29N3O6/c1-19-16-29(13-14-35-19)25(31)18-36-26(32)12-10-21-17-30(22-7-5-4-6-8-22)28-27(21)20-9-11-23(33-2)24(15-20)34-3/h4-12,15,17,19H,13-14,16,18H2,1-3H3/b12-10+. The van der Waals surface area contributed by atoms with E-state index < -0.39 is 5.97 Å². The van der Waals surface area contributed by atoms with Crippen molar-refractivity contribution in [1.82, 2.24) is 14.7 Å². The highest BCUT2D eigenvalue weighted by Crippen LogP contribution is 2.33. The van der Waals surface area contributed by atoms with E-state index in [4.69, 9.17) is 24.0 Å². The molecule has 2 aromatic carbocycles. The lowest BCUT2D eigenvalue weighted by Crippen LogP contribution is -2.46. The number of hydrogen-bond donors (Lipinski definition) is 0. The number of hydrogen-bond acceptors (Lipinski definition) is 7. The molecular weight excluding hydrogens is 462 g/mol. The van der Waals surface area contributed by atoms with Gasteiger partial charge >= 0.3 is 5.97 Å². The minimum absolute atomic E-state index is 0.0329. The maximum absolute atomic E-state index is 12.4. The summed E-state index contributed by atoms with van der Waals surface area (Å²) in [6, 6.07) is 15.1. The summed E-state index contributed by atoms with van der Waals surface area (Å²) in [5, 5.41) is 4.75. The third kappa shape index (κ3) is 5.92. The zero-order chi connectivity index (χ0) is 25.5. The fourth-order valence-electron chi connectivity index (χ4n) is 3.91. The molecule has 0 spiro atoms. The van der Waals surface area contributed by atoms with Gasteiger partial charge in [-0.2, -0.15) is 5.10 Å². The van der Waals surface area contributed by atoms with Gasteiger partial charge in [0, 0.05) is 36.5 Å². The van der Waals surface area contributed by atoms with Crippen molar-refractivity contribution in [2.45, 2.75) is 13.0 Å². The van der Waals surface area contributed by atoms with Crippen molar-refractivity contribution < 1.29 is 28.5 Å². The minimum Gasteiger partial charge on any atom is -0.493 e. The average Bonchev–Trinajstić information content (AvgIpc) is 3.35. The molecule has 9 heteroatoms. The fraction of sp³-hybridized carbons (Fsp3) is 0.296. The number of aromatic nitrogens is 2. The Labute approximate surface area is 209 Å². The van der Waals surface area contributed by atoms with E-state index in [9.17, 15) is 9.59 Å². The van der Waals surface area contributed by atoms with Crippen molar-refractivity contribution in [2.24, 2.45) is 0 Å². The molecule has 0 bridgehead atoms. The summed E-state index contributed by atoms with van der Waals surface area (Å²) in [6.45, 7) is 3.04. The van der Waals surface area contributed by atoms with Crippen LogP contribution in [0.3, 0.4) is 0 Å². The molecule has 1 atom stereocenters. The van der Waals surface area contributed by atoms with Crippen LogP contribution < -0.4 is 9.47 Å². The Morgan fingerprint density at radius 2 is 1.89 bits per heavy atom. The van der Waals surface area contributed by atoms with E-state index in [0.717, 1.165) is 11.3 Å². The lowest BCUT2D eigenvalue weighted by atomic mass is 10.1. The van der Waals surface area contributed by atoms with Gasteiger partial charge in [-0.3, -0.25) is 4.79 Å². The van der Waals surface area contributed by atoms with E-state index in [1.807, 2.05) is 55.6 Å². The van der Waals surface area contributed by atoms with E-state index in [1.54, 1.807) is 35.9 Å². The van der Waals surface area contributed by atoms with Crippen molar-refractivity contribution in [3.05, 3.63) is 66.4 Å². The molecule has 36 heavy (non-hydrogen) atoms. The van der Waals surface area contributed by atoms with Crippen LogP contribution >= 0.6 is 0 Å². The highest BCUT2D eigenvalue weighted by atomic mass is 16.5. The molecule has 1 unspecified atom stereocenters. The summed E-state index contributed by atoms with van der Waals surface area (Å²) in [4.78, 5) is 26.4. The van der Waals surface area contributed by atoms with Crippen molar-refractivity contribution in [3.63, 3.8) is 0 Å². The quantitative estimate of drug-likeness (QED) is 0.352. The van der Waals surface area contributed by atoms with E-state index in [-0.39, 0.29) is 18.6 Å². The SMILES string of the molecule is COc1ccc(-c2nn(-c3ccccc3)cc2/C=C/C(=O)OCC(=O)N2CCOC(C)C2)cc1OC. The van der Waals surface area contributed by atoms with Gasteiger partial charge in [0.15, 0.2) is 18.1 Å². The van der Waals surface area contributed by atoms with Crippen LogP contribution in [0.2, 0.25) is 0 Å². The minimum atomic E-state index is -0.615. The molecule has 0 aliphatic carbocycles. The number of benzene rings is 2. The molecule has 188 valence electrons. The maximum atomic E-state index is 12.4. The Balaban J connectivity index is 1.54. The number of morpholine rings is 1. The Kier molecular flexibility index (Phi) is 8.02. The van der Waals surface area contributed by atoms with Gasteiger partial charge in [0.25, 0.3) is 5.91 Å². The van der Waals surface area contributed by atoms with Crippen LogP contribution in [0.4, 0.5) is 0 Å². The van der Waals surface area contributed by atoms with Crippen LogP contribution in [0.15, 0.2) is 60.8 Å². The van der Waals surface area contributed by atoms with Crippen LogP contribution in [0.1, 0.15) is 12.5 Å². The van der Waals surface area contributed by atoms with Gasteiger partial charge in [-0.15, -0.1) is 0 Å². The van der Waals surface area contributed by atoms with Crippen LogP contribution in [0.5, 0.6) is 11.5 Å². The predicted molar refractivity (Wildman–Crippen MR) is 134 cm³/mol. The molecule has 0 saturated carbocycles. The van der Waals surface area contributed by atoms with Gasteiger partial charge in [0.1, 0.15) is 5.69 Å². The summed E-state index contributed by atoms with van der Waals surface area (Å²) >= 11 is 0. The van der Waals surface area contributed by atoms with Crippen LogP contribution in [-0.4, -0.2) is 73.2 Å². The molecule has 9 nitrogen and oxygen atoms in total. The van der Waals surface area contributed by atoms with Crippen LogP contribution in [0.25, 0.3) is 23.0 Å². The summed E-state index contributed by atoms with van der Waals surface area (Å²) in [5.74, 6) is 0.309. The first-order valence-corrected chi connectivity index (χ1v) is 11.6. The Hall–Kier alpha value is -4.11. The molecule has 0 N–H and O–H groups in total. The van der Waals surface area contributed by atoms with Crippen molar-refractivity contribution in [1.29, 1.82) is 0 Å². The lowest BCUT2D eigenvalue weighted by molar-refractivity contribution is -0.151. The molecule has 0 radical (unpaired) electrons. The summed E-state index contributed by atoms with van der Waals surface area (Å²) in [5.41, 5.74) is 2.98. The van der Waals surface area contributed by atoms with E-state index >= 15 is 0 Å². The number of rotatable bonds is 8. The van der Waals surface area contributed by atoms with E-state index in [1.165, 1.54) is 6.08 Å². The second-order valence-corrected chi connectivity index (χ2v) is 8.25. The summed E-state index contributed by atoms with van der Waals surface area (Å²) in [6.07, 6.45) is 4.72. The number of para-hydroxylation sites is 1. The molecule has 1 saturated heterocycles. The van der Waals surface area contributed by atoms with E-state index in [2.05, 4.69) is 0 Å². The predicted octanol–water partition coefficient (Wildman–Crippen LogP) is 3.36. The smallest absolute Gasteiger partial charge is 0.331 e. The second-order valence-electron chi connectivity index (χ2n) is 8.25. The maximum Gasteiger partial charge on any atom is 0.331 e. The number of nitrogens with zero attached hydrogens (tertiary/aromatic N) is 3. The van der Waals surface area contributed by atoms with Crippen molar-refractivity contribution in [2.75, 3.05) is 40.5 Å². The Bertz CT molecular complexity index is 1240. The number of carbonyl (C=O) groups excluding carboxylic acids is 2. The largest absolute Gasteiger partial charge is 0.493 e. The van der Waals surface area contributed by atoms with E-state index in [0.29, 0.717) is 42.5 Å². The lowest BCUT2D eigenvalue weighted by Gasteiger charge is -2.30. The molecule has 1 aromatic heterocycles. The first-order chi connectivity index (χ1) is 17.5. The van der Waals surface area contributed by atoms with Gasteiger partial charge < -0.3 is 23.8 Å². The fourth-order valence-corrected chi connectivity index (χ4v) is 3.91.